The maximum absolute atomic E-state index is 9.30. The minimum Gasteiger partial charge on any atom is -0.508 e. The lowest BCUT2D eigenvalue weighted by Gasteiger charge is -2.14. The lowest BCUT2D eigenvalue weighted by molar-refractivity contribution is 0.460. The maximum atomic E-state index is 9.30. The summed E-state index contributed by atoms with van der Waals surface area (Å²) in [6.45, 7) is 2.76. The van der Waals surface area contributed by atoms with Crippen LogP contribution in [-0.2, 0) is 12.8 Å². The summed E-state index contributed by atoms with van der Waals surface area (Å²) in [4.78, 5) is 0. The molecule has 0 atom stereocenters. The molecule has 0 amide bonds. The van der Waals surface area contributed by atoms with E-state index < -0.39 is 0 Å². The Kier molecular flexibility index (Phi) is 5.25. The zero-order chi connectivity index (χ0) is 14.5. The number of hydrogen-bond acceptors (Lipinski definition) is 3. The van der Waals surface area contributed by atoms with Crippen LogP contribution in [-0.4, -0.2) is 11.7 Å². The first-order valence-corrected chi connectivity index (χ1v) is 7.70. The quantitative estimate of drug-likeness (QED) is 0.772. The van der Waals surface area contributed by atoms with Crippen LogP contribution in [0.15, 0.2) is 36.4 Å². The van der Waals surface area contributed by atoms with E-state index in [1.165, 1.54) is 11.1 Å². The van der Waals surface area contributed by atoms with Gasteiger partial charge in [0.15, 0.2) is 0 Å². The predicted octanol–water partition coefficient (Wildman–Crippen LogP) is 3.85. The van der Waals surface area contributed by atoms with Crippen molar-refractivity contribution in [2.24, 2.45) is 5.73 Å². The molecule has 2 aromatic rings. The molecule has 0 aliphatic carbocycles. The van der Waals surface area contributed by atoms with Crippen LogP contribution in [0.5, 0.6) is 17.2 Å². The standard InChI is InChI=1S/C16H18INO2/c1-2-12-9-11(7-8-18)10-15(17)16(12)20-14-5-3-13(19)4-6-14/h3-6,9-10,19H,2,7-8,18H2,1H3. The van der Waals surface area contributed by atoms with Crippen LogP contribution in [0.25, 0.3) is 0 Å². The average molecular weight is 383 g/mol. The van der Waals surface area contributed by atoms with Gasteiger partial charge < -0.3 is 15.6 Å². The molecule has 3 nitrogen and oxygen atoms in total. The molecule has 2 rings (SSSR count). The molecule has 0 bridgehead atoms. The number of phenolic OH excluding ortho intramolecular Hbond substituents is 1. The van der Waals surface area contributed by atoms with Crippen molar-refractivity contribution in [1.29, 1.82) is 0 Å². The molecular formula is C16H18INO2. The highest BCUT2D eigenvalue weighted by Crippen LogP contribution is 2.33. The minimum absolute atomic E-state index is 0.237. The fourth-order valence-corrected chi connectivity index (χ4v) is 2.89. The van der Waals surface area contributed by atoms with Crippen LogP contribution >= 0.6 is 22.6 Å². The summed E-state index contributed by atoms with van der Waals surface area (Å²) in [5.41, 5.74) is 8.04. The molecule has 0 saturated carbocycles. The zero-order valence-electron chi connectivity index (χ0n) is 11.4. The van der Waals surface area contributed by atoms with Crippen molar-refractivity contribution in [3.05, 3.63) is 51.1 Å². The molecule has 0 unspecified atom stereocenters. The van der Waals surface area contributed by atoms with E-state index in [2.05, 4.69) is 41.6 Å². The third-order valence-corrected chi connectivity index (χ3v) is 3.85. The molecule has 4 heteroatoms. The molecule has 0 aliphatic rings. The lowest BCUT2D eigenvalue weighted by atomic mass is 10.1. The van der Waals surface area contributed by atoms with Gasteiger partial charge in [0.2, 0.25) is 0 Å². The van der Waals surface area contributed by atoms with Crippen LogP contribution < -0.4 is 10.5 Å². The molecule has 0 saturated heterocycles. The van der Waals surface area contributed by atoms with Crippen molar-refractivity contribution < 1.29 is 9.84 Å². The van der Waals surface area contributed by atoms with Gasteiger partial charge >= 0.3 is 0 Å². The molecule has 0 aliphatic heterocycles. The van der Waals surface area contributed by atoms with Crippen LogP contribution in [0.1, 0.15) is 18.1 Å². The summed E-state index contributed by atoms with van der Waals surface area (Å²) >= 11 is 2.29. The van der Waals surface area contributed by atoms with Gasteiger partial charge in [0.25, 0.3) is 0 Å². The third kappa shape index (κ3) is 3.64. The molecule has 0 heterocycles. The number of aromatic hydroxyl groups is 1. The van der Waals surface area contributed by atoms with Gasteiger partial charge in [-0.25, -0.2) is 0 Å². The molecule has 0 fully saturated rings. The number of benzene rings is 2. The van der Waals surface area contributed by atoms with Crippen molar-refractivity contribution in [2.45, 2.75) is 19.8 Å². The first-order chi connectivity index (χ1) is 9.63. The van der Waals surface area contributed by atoms with Crippen LogP contribution in [0, 0.1) is 3.57 Å². The third-order valence-electron chi connectivity index (χ3n) is 3.05. The van der Waals surface area contributed by atoms with Gasteiger partial charge in [0.05, 0.1) is 3.57 Å². The second-order valence-corrected chi connectivity index (χ2v) is 5.72. The summed E-state index contributed by atoms with van der Waals surface area (Å²) in [5, 5.41) is 9.30. The van der Waals surface area contributed by atoms with Gasteiger partial charge in [0, 0.05) is 0 Å². The Hall–Kier alpha value is -1.27. The fraction of sp³-hybridized carbons (Fsp3) is 0.250. The number of ether oxygens (including phenoxy) is 1. The van der Waals surface area contributed by atoms with E-state index in [9.17, 15) is 5.11 Å². The van der Waals surface area contributed by atoms with Gasteiger partial charge in [-0.2, -0.15) is 0 Å². The van der Waals surface area contributed by atoms with Crippen molar-refractivity contribution in [3.8, 4) is 17.2 Å². The summed E-state index contributed by atoms with van der Waals surface area (Å²) in [7, 11) is 0. The van der Waals surface area contributed by atoms with Crippen molar-refractivity contribution in [3.63, 3.8) is 0 Å². The monoisotopic (exact) mass is 383 g/mol. The topological polar surface area (TPSA) is 55.5 Å². The maximum Gasteiger partial charge on any atom is 0.143 e. The molecule has 0 spiro atoms. The number of halogens is 1. The van der Waals surface area contributed by atoms with Gasteiger partial charge in [-0.15, -0.1) is 0 Å². The first-order valence-electron chi connectivity index (χ1n) is 6.62. The SMILES string of the molecule is CCc1cc(CCN)cc(I)c1Oc1ccc(O)cc1. The number of phenols is 1. The molecule has 3 N–H and O–H groups in total. The average Bonchev–Trinajstić information content (AvgIpc) is 2.44. The molecule has 0 radical (unpaired) electrons. The van der Waals surface area contributed by atoms with Crippen LogP contribution in [0.3, 0.4) is 0 Å². The van der Waals surface area contributed by atoms with Gasteiger partial charge in [-0.05, 0) is 83.4 Å². The molecule has 20 heavy (non-hydrogen) atoms. The number of hydrogen-bond donors (Lipinski definition) is 2. The Morgan fingerprint density at radius 3 is 2.50 bits per heavy atom. The van der Waals surface area contributed by atoms with E-state index in [0.717, 1.165) is 27.9 Å². The molecular weight excluding hydrogens is 365 g/mol. The highest BCUT2D eigenvalue weighted by molar-refractivity contribution is 14.1. The summed E-state index contributed by atoms with van der Waals surface area (Å²) in [6, 6.07) is 11.0. The summed E-state index contributed by atoms with van der Waals surface area (Å²) in [5.74, 6) is 1.85. The Morgan fingerprint density at radius 2 is 1.90 bits per heavy atom. The number of nitrogens with two attached hydrogens (primary N) is 1. The summed E-state index contributed by atoms with van der Waals surface area (Å²) < 4.78 is 7.05. The van der Waals surface area contributed by atoms with Crippen LogP contribution in [0.4, 0.5) is 0 Å². The first kappa shape index (κ1) is 15.1. The van der Waals surface area contributed by atoms with E-state index in [0.29, 0.717) is 6.54 Å². The minimum atomic E-state index is 0.237. The lowest BCUT2D eigenvalue weighted by Crippen LogP contribution is -2.04. The Morgan fingerprint density at radius 1 is 1.20 bits per heavy atom. The van der Waals surface area contributed by atoms with Crippen molar-refractivity contribution in [1.82, 2.24) is 0 Å². The second kappa shape index (κ2) is 6.95. The Balaban J connectivity index is 2.32. The smallest absolute Gasteiger partial charge is 0.143 e. The van der Waals surface area contributed by atoms with Crippen molar-refractivity contribution in [2.75, 3.05) is 6.54 Å². The highest BCUT2D eigenvalue weighted by Gasteiger charge is 2.10. The van der Waals surface area contributed by atoms with Crippen molar-refractivity contribution >= 4 is 22.6 Å². The molecule has 2 aromatic carbocycles. The van der Waals surface area contributed by atoms with Gasteiger partial charge in [-0.3, -0.25) is 0 Å². The second-order valence-electron chi connectivity index (χ2n) is 4.55. The fourth-order valence-electron chi connectivity index (χ4n) is 2.03. The Labute approximate surface area is 132 Å². The van der Waals surface area contributed by atoms with E-state index in [-0.39, 0.29) is 5.75 Å². The highest BCUT2D eigenvalue weighted by atomic mass is 127. The largest absolute Gasteiger partial charge is 0.508 e. The van der Waals surface area contributed by atoms with E-state index in [1.807, 2.05) is 0 Å². The van der Waals surface area contributed by atoms with E-state index in [4.69, 9.17) is 10.5 Å². The Bertz CT molecular complexity index is 582. The molecule has 0 aromatic heterocycles. The van der Waals surface area contributed by atoms with Crippen LogP contribution in [0.2, 0.25) is 0 Å². The predicted molar refractivity (Wildman–Crippen MR) is 89.5 cm³/mol. The number of aryl methyl sites for hydroxylation is 1. The number of rotatable bonds is 5. The van der Waals surface area contributed by atoms with Gasteiger partial charge in [0.1, 0.15) is 17.2 Å². The van der Waals surface area contributed by atoms with E-state index in [1.54, 1.807) is 24.3 Å². The zero-order valence-corrected chi connectivity index (χ0v) is 13.6. The van der Waals surface area contributed by atoms with Gasteiger partial charge in [-0.1, -0.05) is 13.0 Å². The summed E-state index contributed by atoms with van der Waals surface area (Å²) in [6.07, 6.45) is 1.78. The normalized spacial score (nSPS) is 10.6. The molecule has 106 valence electrons. The van der Waals surface area contributed by atoms with E-state index >= 15 is 0 Å².